The van der Waals surface area contributed by atoms with Gasteiger partial charge in [0, 0.05) is 102 Å². The van der Waals surface area contributed by atoms with Crippen molar-refractivity contribution >= 4 is 51.8 Å². The van der Waals surface area contributed by atoms with Gasteiger partial charge in [0.2, 0.25) is 11.4 Å². The number of fused-ring (bicyclic) bond motifs is 6. The first-order chi connectivity index (χ1) is 38.9. The second-order valence-corrected chi connectivity index (χ2v) is 21.7. The van der Waals surface area contributed by atoms with E-state index >= 15 is 0 Å². The Morgan fingerprint density at radius 3 is 1.65 bits per heavy atom. The summed E-state index contributed by atoms with van der Waals surface area (Å²) >= 11 is 0. The molecule has 0 saturated heterocycles. The Kier molecular flexibility index (Phi) is 12.6. The van der Waals surface area contributed by atoms with Crippen molar-refractivity contribution in [3.05, 3.63) is 204 Å². The number of nitro benzene ring substituents is 2. The zero-order valence-electron chi connectivity index (χ0n) is 45.3. The van der Waals surface area contributed by atoms with E-state index in [0.717, 1.165) is 22.5 Å². The minimum atomic E-state index is -0.892. The lowest BCUT2D eigenvalue weighted by atomic mass is 9.76. The van der Waals surface area contributed by atoms with Gasteiger partial charge in [0.1, 0.15) is 40.1 Å². The summed E-state index contributed by atoms with van der Waals surface area (Å²) < 4.78 is 44.3. The van der Waals surface area contributed by atoms with Gasteiger partial charge in [-0.1, -0.05) is 18.2 Å². The number of non-ortho nitro benzene ring substituents is 2. The number of carbonyl (C=O) groups excluding carboxylic acids is 1. The molecule has 0 N–H and O–H groups in total. The summed E-state index contributed by atoms with van der Waals surface area (Å²) in [5.41, 5.74) is 4.96. The highest BCUT2D eigenvalue weighted by atomic mass is 16.6. The Morgan fingerprint density at radius 1 is 0.580 bits per heavy atom. The molecule has 2 atom stereocenters. The zero-order valence-corrected chi connectivity index (χ0v) is 45.3. The summed E-state index contributed by atoms with van der Waals surface area (Å²) in [7, 11) is 3.95. The Labute approximate surface area is 465 Å². The maximum Gasteiger partial charge on any atom is 0.338 e. The van der Waals surface area contributed by atoms with E-state index in [1.54, 1.807) is 36.4 Å². The summed E-state index contributed by atoms with van der Waals surface area (Å²) in [5.74, 6) is 2.86. The van der Waals surface area contributed by atoms with E-state index in [1.165, 1.54) is 36.4 Å². The molecular weight excluding hydrogens is 1030 g/mol. The first-order valence-corrected chi connectivity index (χ1v) is 26.6. The lowest BCUT2D eigenvalue weighted by molar-refractivity contribution is -0.385. The van der Waals surface area contributed by atoms with E-state index in [2.05, 4.69) is 37.5 Å². The van der Waals surface area contributed by atoms with E-state index in [9.17, 15) is 29.8 Å². The highest BCUT2D eigenvalue weighted by molar-refractivity contribution is 6.08. The number of nitro groups is 2. The second kappa shape index (κ2) is 19.6. The number of carbonyl (C=O) groups is 1. The predicted molar refractivity (Wildman–Crippen MR) is 307 cm³/mol. The molecule has 0 saturated carbocycles. The minimum Gasteiger partial charge on any atom is -0.493 e. The fraction of sp³-hybridized carbons (Fsp3) is 0.250. The molecule has 6 aromatic carbocycles. The first-order valence-electron chi connectivity index (χ1n) is 26.6. The van der Waals surface area contributed by atoms with Crippen LogP contribution in [0.3, 0.4) is 0 Å². The molecule has 0 radical (unpaired) electrons. The number of ether oxygens (including phenoxy) is 6. The molecule has 2 unspecified atom stereocenters. The minimum absolute atomic E-state index is 0.00281. The summed E-state index contributed by atoms with van der Waals surface area (Å²) in [6.07, 6.45) is 8.67. The normalized spacial score (nSPS) is 18.4. The molecule has 0 fully saturated rings. The molecule has 81 heavy (non-hydrogen) atoms. The van der Waals surface area contributed by atoms with E-state index < -0.39 is 38.1 Å². The van der Waals surface area contributed by atoms with E-state index in [-0.39, 0.29) is 30.0 Å². The van der Waals surface area contributed by atoms with Crippen LogP contribution in [0.4, 0.5) is 22.7 Å². The molecule has 6 aromatic rings. The number of esters is 1. The molecule has 0 bridgehead atoms. The van der Waals surface area contributed by atoms with E-state index in [0.29, 0.717) is 105 Å². The van der Waals surface area contributed by atoms with Gasteiger partial charge in [0.15, 0.2) is 5.43 Å². The van der Waals surface area contributed by atoms with Crippen LogP contribution < -0.4 is 38.9 Å². The van der Waals surface area contributed by atoms with E-state index in [4.69, 9.17) is 32.8 Å². The average Bonchev–Trinajstić information content (AvgIpc) is 3.81. The summed E-state index contributed by atoms with van der Waals surface area (Å²) in [4.78, 5) is 52.9. The topological polar surface area (TPSA) is 195 Å². The molecule has 1 aliphatic carbocycles. The van der Waals surface area contributed by atoms with Crippen LogP contribution in [0.1, 0.15) is 73.1 Å². The third-order valence-corrected chi connectivity index (χ3v) is 16.4. The fourth-order valence-corrected chi connectivity index (χ4v) is 12.0. The van der Waals surface area contributed by atoms with Crippen LogP contribution in [0, 0.1) is 20.2 Å². The standard InChI is InChI=1S/C64H56N4O13/c1-61(2)51-36-44(17-21-53(51)65(5)63(61)27-25-39-33-41(67(71)72)13-23-55(39)80-63)75-29-9-30-77-46-16-20-50-58(38-46)79-57-35-43(69)15-19-49(57)59(50)47-11-7-8-12-48(47)60(70)78-32-10-31-76-45-18-22-54-52(37-45)62(3,4)64(66(54)6)28-26-40-34-42(68(73)74)14-24-56(40)81-64/h7-8,11-28,33-38H,9-10,29-32H2,1-6H3. The number of likely N-dealkylation sites (N-methyl/N-ethyl adjacent to an activating group) is 2. The Hall–Kier alpha value is -9.64. The van der Waals surface area contributed by atoms with Gasteiger partial charge in [-0.25, -0.2) is 4.79 Å². The molecule has 5 aliphatic heterocycles. The molecule has 5 heterocycles. The highest BCUT2D eigenvalue weighted by Crippen LogP contribution is 2.57. The lowest BCUT2D eigenvalue weighted by Gasteiger charge is -2.45. The van der Waals surface area contributed by atoms with Gasteiger partial charge in [0.25, 0.3) is 11.4 Å². The smallest absolute Gasteiger partial charge is 0.338 e. The summed E-state index contributed by atoms with van der Waals surface area (Å²) in [5, 5.41) is 23.5. The van der Waals surface area contributed by atoms with Gasteiger partial charge < -0.3 is 42.6 Å². The quantitative estimate of drug-likeness (QED) is 0.0309. The van der Waals surface area contributed by atoms with Crippen LogP contribution in [0.2, 0.25) is 0 Å². The third kappa shape index (κ3) is 8.62. The van der Waals surface area contributed by atoms with Gasteiger partial charge in [0.05, 0.1) is 52.7 Å². The van der Waals surface area contributed by atoms with Crippen molar-refractivity contribution in [1.29, 1.82) is 0 Å². The average molecular weight is 1090 g/mol. The number of rotatable bonds is 15. The highest BCUT2D eigenvalue weighted by Gasteiger charge is 2.59. The maximum atomic E-state index is 14.0. The Morgan fingerprint density at radius 2 is 1.10 bits per heavy atom. The molecule has 17 heteroatoms. The second-order valence-electron chi connectivity index (χ2n) is 21.7. The fourth-order valence-electron chi connectivity index (χ4n) is 12.0. The number of hydrogen-bond donors (Lipinski definition) is 0. The van der Waals surface area contributed by atoms with Crippen LogP contribution in [0.5, 0.6) is 28.7 Å². The largest absolute Gasteiger partial charge is 0.493 e. The molecule has 12 rings (SSSR count). The van der Waals surface area contributed by atoms with Crippen LogP contribution in [0.25, 0.3) is 45.6 Å². The molecule has 2 spiro atoms. The van der Waals surface area contributed by atoms with Crippen LogP contribution in [-0.2, 0) is 15.6 Å². The van der Waals surface area contributed by atoms with Crippen LogP contribution in [0.15, 0.2) is 155 Å². The van der Waals surface area contributed by atoms with Crippen molar-refractivity contribution < 1.29 is 47.5 Å². The third-order valence-electron chi connectivity index (χ3n) is 16.4. The van der Waals surface area contributed by atoms with Crippen molar-refractivity contribution in [3.8, 4) is 51.2 Å². The van der Waals surface area contributed by atoms with Crippen LogP contribution in [-0.4, -0.2) is 67.8 Å². The SMILES string of the molecule is CN1c2ccc(OCCCOC(=O)c3ccccc3-c3c4ccc(=O)cc-4oc4cc(OCCCOc5ccc6c(c5)C(C)(C)C5(C=Cc7cc([N+](=O)[O-])ccc7O5)N6C)ccc34)cc2C(C)(C)C12C=Cc1cc([N+](=O)[O-])ccc1O2. The number of nitrogens with zero attached hydrogens (tertiary/aromatic N) is 4. The first kappa shape index (κ1) is 52.1. The van der Waals surface area contributed by atoms with Gasteiger partial charge in [-0.3, -0.25) is 25.0 Å². The van der Waals surface area contributed by atoms with Gasteiger partial charge in [-0.05, 0) is 148 Å². The summed E-state index contributed by atoms with van der Waals surface area (Å²) in [6, 6.07) is 38.5. The number of anilines is 2. The number of hydrogen-bond acceptors (Lipinski definition) is 15. The lowest BCUT2D eigenvalue weighted by Crippen LogP contribution is -2.58. The number of benzene rings is 7. The molecule has 410 valence electrons. The van der Waals surface area contributed by atoms with Crippen LogP contribution >= 0.6 is 0 Å². The van der Waals surface area contributed by atoms with Crippen molar-refractivity contribution in [2.45, 2.75) is 62.8 Å². The van der Waals surface area contributed by atoms with Crippen molar-refractivity contribution in [3.63, 3.8) is 0 Å². The molecule has 0 amide bonds. The molecule has 6 aliphatic rings. The van der Waals surface area contributed by atoms with Crippen molar-refractivity contribution in [2.24, 2.45) is 0 Å². The molecular formula is C64H56N4O13. The Balaban J connectivity index is 0.682. The van der Waals surface area contributed by atoms with Gasteiger partial charge >= 0.3 is 5.97 Å². The van der Waals surface area contributed by atoms with Crippen molar-refractivity contribution in [1.82, 2.24) is 0 Å². The monoisotopic (exact) mass is 1090 g/mol. The maximum absolute atomic E-state index is 14.0. The van der Waals surface area contributed by atoms with E-state index in [1.807, 2.05) is 99.1 Å². The van der Waals surface area contributed by atoms with Gasteiger partial charge in [-0.15, -0.1) is 0 Å². The molecule has 0 aromatic heterocycles. The van der Waals surface area contributed by atoms with Crippen molar-refractivity contribution in [2.75, 3.05) is 50.3 Å². The van der Waals surface area contributed by atoms with Gasteiger partial charge in [-0.2, -0.15) is 0 Å². The predicted octanol–water partition coefficient (Wildman–Crippen LogP) is 12.9. The molecule has 17 nitrogen and oxygen atoms in total. The zero-order chi connectivity index (χ0) is 56.6. The Bertz CT molecular complexity index is 4000. The summed E-state index contributed by atoms with van der Waals surface area (Å²) in [6.45, 7) is 9.50.